The maximum atomic E-state index is 13.9. The molecule has 6 rings (SSSR count). The lowest BCUT2D eigenvalue weighted by Crippen LogP contribution is -2.45. The van der Waals surface area contributed by atoms with Crippen LogP contribution in [0.4, 0.5) is 10.1 Å². The number of benzene rings is 4. The number of para-hydroxylation sites is 2. The van der Waals surface area contributed by atoms with E-state index in [2.05, 4.69) is 4.98 Å². The molecule has 1 unspecified atom stereocenters. The molecule has 0 spiro atoms. The van der Waals surface area contributed by atoms with E-state index in [9.17, 15) is 18.8 Å². The number of fused-ring (bicyclic) bond motifs is 1. The fourth-order valence-corrected chi connectivity index (χ4v) is 5.12. The van der Waals surface area contributed by atoms with Crippen LogP contribution in [0, 0.1) is 5.82 Å². The molecule has 5 aromatic rings. The predicted octanol–water partition coefficient (Wildman–Crippen LogP) is 5.63. The van der Waals surface area contributed by atoms with Crippen LogP contribution in [-0.4, -0.2) is 47.9 Å². The summed E-state index contributed by atoms with van der Waals surface area (Å²) < 4.78 is 30.1. The van der Waals surface area contributed by atoms with E-state index in [0.717, 1.165) is 10.4 Å². The van der Waals surface area contributed by atoms with Crippen LogP contribution in [0.25, 0.3) is 22.6 Å². The Morgan fingerprint density at radius 1 is 0.953 bits per heavy atom. The second kappa shape index (κ2) is 11.4. The van der Waals surface area contributed by atoms with E-state index < -0.39 is 29.6 Å². The number of methoxy groups -OCH3 is 2. The smallest absolute Gasteiger partial charge is 0.257 e. The maximum absolute atomic E-state index is 13.9. The first-order valence-corrected chi connectivity index (χ1v) is 13.5. The third-order valence-electron chi connectivity index (χ3n) is 7.32. The second-order valence-corrected chi connectivity index (χ2v) is 9.95. The highest BCUT2D eigenvalue weighted by Gasteiger charge is 2.44. The Hall–Kier alpha value is -5.51. The fraction of sp³-hybridized carbons (Fsp3) is 0.152. The Kier molecular flexibility index (Phi) is 7.33. The highest BCUT2D eigenvalue weighted by molar-refractivity contribution is 6.23. The molecule has 0 N–H and O–H groups in total. The van der Waals surface area contributed by atoms with Crippen molar-refractivity contribution >= 4 is 34.5 Å². The van der Waals surface area contributed by atoms with Gasteiger partial charge in [0.2, 0.25) is 11.8 Å². The lowest BCUT2D eigenvalue weighted by molar-refractivity contribution is -0.122. The molecular formula is C33H26FN3O6. The van der Waals surface area contributed by atoms with Crippen molar-refractivity contribution in [1.82, 2.24) is 9.88 Å². The Morgan fingerprint density at radius 2 is 1.67 bits per heavy atom. The van der Waals surface area contributed by atoms with Gasteiger partial charge in [0.25, 0.3) is 11.8 Å². The van der Waals surface area contributed by atoms with Gasteiger partial charge in [0.15, 0.2) is 17.1 Å². The van der Waals surface area contributed by atoms with Gasteiger partial charge in [-0.2, -0.15) is 0 Å². The van der Waals surface area contributed by atoms with E-state index in [1.54, 1.807) is 36.4 Å². The van der Waals surface area contributed by atoms with Crippen molar-refractivity contribution in [1.29, 1.82) is 0 Å². The van der Waals surface area contributed by atoms with Crippen molar-refractivity contribution in [3.63, 3.8) is 0 Å². The van der Waals surface area contributed by atoms with Crippen molar-refractivity contribution in [2.45, 2.75) is 19.0 Å². The Bertz CT molecular complexity index is 1800. The van der Waals surface area contributed by atoms with Gasteiger partial charge in [-0.3, -0.25) is 14.4 Å². The number of ether oxygens (including phenoxy) is 2. The van der Waals surface area contributed by atoms with E-state index in [1.165, 1.54) is 49.5 Å². The first-order chi connectivity index (χ1) is 20.9. The second-order valence-electron chi connectivity index (χ2n) is 9.95. The number of imide groups is 1. The van der Waals surface area contributed by atoms with Crippen LogP contribution in [0.1, 0.15) is 22.3 Å². The summed E-state index contributed by atoms with van der Waals surface area (Å²) in [5, 5.41) is 0. The summed E-state index contributed by atoms with van der Waals surface area (Å²) >= 11 is 0. The van der Waals surface area contributed by atoms with Crippen LogP contribution in [-0.2, 0) is 16.1 Å². The number of carbonyl (C=O) groups excluding carboxylic acids is 3. The SMILES string of the molecule is COc1ccc(C(=O)N(Cc2ccc(F)cc2)C2CC(=O)N(c3ccc(-c4nc5ccccc5o4)cc3)C2=O)cc1OC. The zero-order valence-electron chi connectivity index (χ0n) is 23.3. The average molecular weight is 580 g/mol. The molecule has 1 aliphatic heterocycles. The summed E-state index contributed by atoms with van der Waals surface area (Å²) in [6.07, 6.45) is -0.216. The summed E-state index contributed by atoms with van der Waals surface area (Å²) in [6, 6.07) is 23.3. The van der Waals surface area contributed by atoms with E-state index in [4.69, 9.17) is 13.9 Å². The van der Waals surface area contributed by atoms with Gasteiger partial charge >= 0.3 is 0 Å². The molecule has 10 heteroatoms. The molecule has 0 bridgehead atoms. The number of carbonyl (C=O) groups is 3. The number of oxazole rings is 1. The van der Waals surface area contributed by atoms with Crippen molar-refractivity contribution in [3.8, 4) is 23.0 Å². The van der Waals surface area contributed by atoms with Gasteiger partial charge < -0.3 is 18.8 Å². The Morgan fingerprint density at radius 3 is 2.37 bits per heavy atom. The number of halogens is 1. The summed E-state index contributed by atoms with van der Waals surface area (Å²) in [4.78, 5) is 47.9. The molecule has 1 aromatic heterocycles. The minimum Gasteiger partial charge on any atom is -0.493 e. The standard InChI is InChI=1S/C33H26FN3O6/c1-41-28-16-11-22(17-29(28)42-2)32(39)36(19-20-7-12-23(34)13-8-20)26-18-30(38)37(33(26)40)24-14-9-21(10-15-24)31-35-25-5-3-4-6-27(25)43-31/h3-17,26H,18-19H2,1-2H3. The van der Waals surface area contributed by atoms with Crippen molar-refractivity contribution in [2.75, 3.05) is 19.1 Å². The van der Waals surface area contributed by atoms with Crippen molar-refractivity contribution in [2.24, 2.45) is 0 Å². The number of rotatable bonds is 8. The maximum Gasteiger partial charge on any atom is 0.257 e. The molecule has 1 saturated heterocycles. The lowest BCUT2D eigenvalue weighted by atomic mass is 10.1. The number of anilines is 1. The number of hydrogen-bond acceptors (Lipinski definition) is 7. The fourth-order valence-electron chi connectivity index (χ4n) is 5.12. The summed E-state index contributed by atoms with van der Waals surface area (Å²) in [5.74, 6) is -0.737. The minimum atomic E-state index is -1.09. The molecule has 1 atom stereocenters. The molecule has 2 heterocycles. The van der Waals surface area contributed by atoms with Crippen LogP contribution < -0.4 is 14.4 Å². The first-order valence-electron chi connectivity index (χ1n) is 13.5. The average Bonchev–Trinajstić information content (AvgIpc) is 3.60. The number of aromatic nitrogens is 1. The Labute approximate surface area is 246 Å². The molecule has 0 radical (unpaired) electrons. The topological polar surface area (TPSA) is 102 Å². The van der Waals surface area contributed by atoms with E-state index in [-0.39, 0.29) is 18.5 Å². The van der Waals surface area contributed by atoms with Gasteiger partial charge in [-0.25, -0.2) is 14.3 Å². The lowest BCUT2D eigenvalue weighted by Gasteiger charge is -2.28. The van der Waals surface area contributed by atoms with Gasteiger partial charge in [-0.1, -0.05) is 24.3 Å². The number of amides is 3. The van der Waals surface area contributed by atoms with Gasteiger partial charge in [0, 0.05) is 17.7 Å². The van der Waals surface area contributed by atoms with Crippen molar-refractivity contribution in [3.05, 3.63) is 108 Å². The zero-order valence-corrected chi connectivity index (χ0v) is 23.3. The molecular weight excluding hydrogens is 553 g/mol. The largest absolute Gasteiger partial charge is 0.493 e. The van der Waals surface area contributed by atoms with Gasteiger partial charge in [-0.05, 0) is 72.3 Å². The monoisotopic (exact) mass is 579 g/mol. The third-order valence-corrected chi connectivity index (χ3v) is 7.32. The van der Waals surface area contributed by atoms with Crippen molar-refractivity contribution < 1.29 is 32.7 Å². The minimum absolute atomic E-state index is 0.0261. The summed E-state index contributed by atoms with van der Waals surface area (Å²) in [6.45, 7) is -0.0261. The molecule has 3 amide bonds. The zero-order chi connectivity index (χ0) is 30.1. The first kappa shape index (κ1) is 27.6. The number of nitrogens with zero attached hydrogens (tertiary/aromatic N) is 3. The predicted molar refractivity (Wildman–Crippen MR) is 156 cm³/mol. The molecule has 9 nitrogen and oxygen atoms in total. The van der Waals surface area contributed by atoms with Crippen LogP contribution in [0.15, 0.2) is 95.4 Å². The summed E-state index contributed by atoms with van der Waals surface area (Å²) in [7, 11) is 2.94. The molecule has 0 saturated carbocycles. The highest BCUT2D eigenvalue weighted by Crippen LogP contribution is 2.32. The van der Waals surface area contributed by atoms with E-state index in [1.807, 2.05) is 24.3 Å². The van der Waals surface area contributed by atoms with Crippen LogP contribution >= 0.6 is 0 Å². The number of hydrogen-bond donors (Lipinski definition) is 0. The van der Waals surface area contributed by atoms with Crippen LogP contribution in [0.3, 0.4) is 0 Å². The Balaban J connectivity index is 1.30. The molecule has 0 aliphatic carbocycles. The van der Waals surface area contributed by atoms with E-state index in [0.29, 0.717) is 39.8 Å². The normalized spacial score (nSPS) is 14.8. The van der Waals surface area contributed by atoms with E-state index >= 15 is 0 Å². The van der Waals surface area contributed by atoms with Crippen LogP contribution in [0.5, 0.6) is 11.5 Å². The highest BCUT2D eigenvalue weighted by atomic mass is 19.1. The van der Waals surface area contributed by atoms with Gasteiger partial charge in [0.05, 0.1) is 26.3 Å². The molecule has 216 valence electrons. The van der Waals surface area contributed by atoms with Gasteiger partial charge in [-0.15, -0.1) is 0 Å². The molecule has 43 heavy (non-hydrogen) atoms. The van der Waals surface area contributed by atoms with Crippen LogP contribution in [0.2, 0.25) is 0 Å². The van der Waals surface area contributed by atoms with Gasteiger partial charge in [0.1, 0.15) is 17.4 Å². The summed E-state index contributed by atoms with van der Waals surface area (Å²) in [5.41, 5.74) is 3.23. The molecule has 1 aliphatic rings. The molecule has 4 aromatic carbocycles. The third kappa shape index (κ3) is 5.30. The molecule has 1 fully saturated rings. The quantitative estimate of drug-likeness (QED) is 0.220.